The molecule has 12 nitrogen and oxygen atoms in total. The molecule has 1 aliphatic rings. The summed E-state index contributed by atoms with van der Waals surface area (Å²) in [4.78, 5) is 35.7. The molecular formula is C26H32N6O6. The van der Waals surface area contributed by atoms with Crippen molar-refractivity contribution in [2.24, 2.45) is 5.73 Å². The maximum absolute atomic E-state index is 12.3. The second kappa shape index (κ2) is 12.4. The largest absolute Gasteiger partial charge is 0.493 e. The average Bonchev–Trinajstić information content (AvgIpc) is 2.93. The number of unbranched alkanes of at least 4 members (excludes halogenated alkanes) is 1. The van der Waals surface area contributed by atoms with E-state index < -0.39 is 11.0 Å². The summed E-state index contributed by atoms with van der Waals surface area (Å²) >= 11 is 0. The molecule has 2 heterocycles. The quantitative estimate of drug-likeness (QED) is 0.217. The van der Waals surface area contributed by atoms with Gasteiger partial charge in [0.1, 0.15) is 17.8 Å². The van der Waals surface area contributed by atoms with Gasteiger partial charge in [-0.25, -0.2) is 14.8 Å². The molecule has 2 aromatic carbocycles. The highest BCUT2D eigenvalue weighted by Gasteiger charge is 2.24. The summed E-state index contributed by atoms with van der Waals surface area (Å²) in [6.07, 6.45) is 6.55. The fraction of sp³-hybridized carbons (Fsp3) is 0.423. The zero-order valence-electron chi connectivity index (χ0n) is 21.6. The van der Waals surface area contributed by atoms with E-state index in [-0.39, 0.29) is 29.5 Å². The number of carbonyl (C=O) groups is 1. The van der Waals surface area contributed by atoms with Crippen molar-refractivity contribution in [3.05, 3.63) is 46.8 Å². The van der Waals surface area contributed by atoms with Crippen molar-refractivity contribution in [3.8, 4) is 23.1 Å². The molecule has 0 spiro atoms. The number of anilines is 1. The Morgan fingerprint density at radius 1 is 1.08 bits per heavy atom. The van der Waals surface area contributed by atoms with E-state index in [2.05, 4.69) is 14.9 Å². The Morgan fingerprint density at radius 3 is 2.50 bits per heavy atom. The lowest BCUT2D eigenvalue weighted by atomic mass is 10.1. The lowest BCUT2D eigenvalue weighted by Crippen LogP contribution is -2.37. The van der Waals surface area contributed by atoms with Crippen LogP contribution in [0.4, 0.5) is 16.2 Å². The first-order chi connectivity index (χ1) is 18.4. The predicted octanol–water partition coefficient (Wildman–Crippen LogP) is 4.50. The number of likely N-dealkylation sites (tertiary alicyclic amines) is 1. The van der Waals surface area contributed by atoms with Gasteiger partial charge in [-0.15, -0.1) is 0 Å². The lowest BCUT2D eigenvalue weighted by molar-refractivity contribution is -0.384. The zero-order valence-corrected chi connectivity index (χ0v) is 21.6. The highest BCUT2D eigenvalue weighted by molar-refractivity contribution is 5.93. The van der Waals surface area contributed by atoms with Crippen molar-refractivity contribution in [1.82, 2.24) is 14.9 Å². The number of amides is 2. The van der Waals surface area contributed by atoms with Gasteiger partial charge in [-0.3, -0.25) is 15.0 Å². The topological polar surface area (TPSA) is 146 Å². The molecule has 0 unspecified atom stereocenters. The van der Waals surface area contributed by atoms with Crippen molar-refractivity contribution in [2.75, 3.05) is 45.3 Å². The predicted molar refractivity (Wildman–Crippen MR) is 142 cm³/mol. The fourth-order valence-corrected chi connectivity index (χ4v) is 4.63. The maximum Gasteiger partial charge on any atom is 0.319 e. The number of piperidine rings is 1. The van der Waals surface area contributed by atoms with Gasteiger partial charge in [0.15, 0.2) is 11.5 Å². The molecular weight excluding hydrogens is 492 g/mol. The van der Waals surface area contributed by atoms with Crippen molar-refractivity contribution in [1.29, 1.82) is 0 Å². The Balaban J connectivity index is 1.54. The van der Waals surface area contributed by atoms with Crippen LogP contribution < -0.4 is 24.8 Å². The van der Waals surface area contributed by atoms with Gasteiger partial charge in [0.2, 0.25) is 5.88 Å². The number of fused-ring (bicyclic) bond motifs is 1. The van der Waals surface area contributed by atoms with Crippen LogP contribution in [-0.4, -0.2) is 66.2 Å². The van der Waals surface area contributed by atoms with Crippen molar-refractivity contribution in [3.63, 3.8) is 0 Å². The van der Waals surface area contributed by atoms with E-state index >= 15 is 0 Å². The fourth-order valence-electron chi connectivity index (χ4n) is 4.63. The van der Waals surface area contributed by atoms with E-state index in [1.54, 1.807) is 18.2 Å². The van der Waals surface area contributed by atoms with Crippen LogP contribution in [0.15, 0.2) is 36.7 Å². The number of nitrogens with two attached hydrogens (primary N) is 1. The minimum absolute atomic E-state index is 0.117. The first kappa shape index (κ1) is 26.9. The highest BCUT2D eigenvalue weighted by Crippen LogP contribution is 2.38. The number of ether oxygens (including phenoxy) is 3. The van der Waals surface area contributed by atoms with Gasteiger partial charge in [0, 0.05) is 12.6 Å². The Bertz CT molecular complexity index is 1300. The van der Waals surface area contributed by atoms with E-state index in [0.717, 1.165) is 26.1 Å². The van der Waals surface area contributed by atoms with Crippen molar-refractivity contribution < 1.29 is 23.9 Å². The first-order valence-electron chi connectivity index (χ1n) is 12.5. The number of rotatable bonds is 11. The monoisotopic (exact) mass is 524 g/mol. The number of benzene rings is 2. The Morgan fingerprint density at radius 2 is 1.82 bits per heavy atom. The lowest BCUT2D eigenvalue weighted by Gasteiger charge is -2.27. The van der Waals surface area contributed by atoms with Gasteiger partial charge in [-0.05, 0) is 63.5 Å². The van der Waals surface area contributed by atoms with E-state index in [1.807, 2.05) is 0 Å². The third-order valence-corrected chi connectivity index (χ3v) is 6.57. The van der Waals surface area contributed by atoms with Crippen LogP contribution in [0.25, 0.3) is 10.9 Å². The number of nitrogens with zero attached hydrogens (tertiary/aromatic N) is 5. The minimum Gasteiger partial charge on any atom is -0.493 e. The molecule has 4 rings (SSSR count). The number of hydrogen-bond donors (Lipinski definition) is 1. The molecule has 0 bridgehead atoms. The molecule has 0 aliphatic carbocycles. The second-order valence-electron chi connectivity index (χ2n) is 9.01. The molecule has 0 saturated carbocycles. The summed E-state index contributed by atoms with van der Waals surface area (Å²) in [5, 5.41) is 12.5. The summed E-state index contributed by atoms with van der Waals surface area (Å²) in [5.41, 5.74) is 5.99. The van der Waals surface area contributed by atoms with E-state index in [4.69, 9.17) is 19.9 Å². The molecule has 1 fully saturated rings. The minimum atomic E-state index is -0.748. The van der Waals surface area contributed by atoms with E-state index in [0.29, 0.717) is 28.8 Å². The Labute approximate surface area is 220 Å². The third kappa shape index (κ3) is 6.20. The van der Waals surface area contributed by atoms with Crippen LogP contribution >= 0.6 is 0 Å². The van der Waals surface area contributed by atoms with Crippen LogP contribution in [-0.2, 0) is 0 Å². The number of primary amides is 1. The molecule has 2 amide bonds. The van der Waals surface area contributed by atoms with Crippen LogP contribution in [0.5, 0.6) is 23.1 Å². The molecule has 1 aromatic heterocycles. The number of nitro groups is 1. The van der Waals surface area contributed by atoms with E-state index in [9.17, 15) is 14.9 Å². The van der Waals surface area contributed by atoms with Crippen LogP contribution in [0.2, 0.25) is 0 Å². The molecule has 3 aromatic rings. The van der Waals surface area contributed by atoms with Gasteiger partial charge in [-0.1, -0.05) is 6.42 Å². The SMILES string of the molecule is COc1cc2ncnc(Oc3ccc(N(CCCCN4CCCCC4)C(N)=O)c([N+](=O)[O-])c3)c2cc1OC. The van der Waals surface area contributed by atoms with Crippen molar-refractivity contribution in [2.45, 2.75) is 32.1 Å². The molecule has 12 heteroatoms. The van der Waals surface area contributed by atoms with Gasteiger partial charge in [0.05, 0.1) is 36.1 Å². The van der Waals surface area contributed by atoms with Crippen LogP contribution in [0.3, 0.4) is 0 Å². The average molecular weight is 525 g/mol. The summed E-state index contributed by atoms with van der Waals surface area (Å²) in [7, 11) is 3.03. The number of carbonyl (C=O) groups excluding carboxylic acids is 1. The molecule has 202 valence electrons. The summed E-state index contributed by atoms with van der Waals surface area (Å²) in [5.74, 6) is 1.30. The summed E-state index contributed by atoms with van der Waals surface area (Å²) in [6.45, 7) is 3.40. The Kier molecular flexibility index (Phi) is 8.74. The van der Waals surface area contributed by atoms with E-state index in [1.165, 1.54) is 56.8 Å². The maximum atomic E-state index is 12.3. The molecule has 1 saturated heterocycles. The number of urea groups is 1. The first-order valence-corrected chi connectivity index (χ1v) is 12.5. The number of methoxy groups -OCH3 is 2. The standard InChI is InChI=1S/C26H32N6O6/c1-36-23-15-19-20(16-24(23)37-2)28-17-29-25(19)38-18-8-9-21(22(14-18)32(34)35)31(26(27)33)13-7-6-12-30-10-4-3-5-11-30/h8-9,14-17H,3-7,10-13H2,1-2H3,(H2,27,33). The molecule has 38 heavy (non-hydrogen) atoms. The second-order valence-corrected chi connectivity index (χ2v) is 9.01. The third-order valence-electron chi connectivity index (χ3n) is 6.57. The van der Waals surface area contributed by atoms with Gasteiger partial charge >= 0.3 is 6.03 Å². The van der Waals surface area contributed by atoms with Gasteiger partial charge in [0.25, 0.3) is 5.69 Å². The van der Waals surface area contributed by atoms with Crippen molar-refractivity contribution >= 4 is 28.3 Å². The molecule has 0 radical (unpaired) electrons. The highest BCUT2D eigenvalue weighted by atomic mass is 16.6. The summed E-state index contributed by atoms with van der Waals surface area (Å²) in [6, 6.07) is 6.88. The van der Waals surface area contributed by atoms with Gasteiger partial charge in [-0.2, -0.15) is 0 Å². The van der Waals surface area contributed by atoms with Crippen LogP contribution in [0, 0.1) is 10.1 Å². The Hall–Kier alpha value is -4.19. The van der Waals surface area contributed by atoms with Gasteiger partial charge < -0.3 is 24.8 Å². The molecule has 2 N–H and O–H groups in total. The van der Waals surface area contributed by atoms with Crippen LogP contribution in [0.1, 0.15) is 32.1 Å². The summed E-state index contributed by atoms with van der Waals surface area (Å²) < 4.78 is 16.6. The number of hydrogen-bond acceptors (Lipinski definition) is 9. The number of aromatic nitrogens is 2. The molecule has 0 atom stereocenters. The smallest absolute Gasteiger partial charge is 0.319 e. The number of nitro benzene ring substituents is 1. The molecule has 1 aliphatic heterocycles. The zero-order chi connectivity index (χ0) is 27.1. The normalized spacial score (nSPS) is 13.7.